The first-order chi connectivity index (χ1) is 12.9. The highest BCUT2D eigenvalue weighted by atomic mass is 16.5. The highest BCUT2D eigenvalue weighted by molar-refractivity contribution is 5.84. The van der Waals surface area contributed by atoms with E-state index in [2.05, 4.69) is 31.8 Å². The molecule has 6 rings (SSSR count). The molecule has 1 aromatic carbocycles. The number of hydrazine groups is 1. The van der Waals surface area contributed by atoms with Crippen LogP contribution in [0.25, 0.3) is 5.69 Å². The van der Waals surface area contributed by atoms with Crippen LogP contribution in [0.3, 0.4) is 0 Å². The van der Waals surface area contributed by atoms with Gasteiger partial charge in [0.05, 0.1) is 11.9 Å². The summed E-state index contributed by atoms with van der Waals surface area (Å²) in [4.78, 5) is 13.7. The smallest absolute Gasteiger partial charge is 0.313 e. The second-order valence-electron chi connectivity index (χ2n) is 6.92. The molecule has 4 heterocycles. The number of imidazole rings is 1. The molecule has 0 amide bonds. The van der Waals surface area contributed by atoms with Gasteiger partial charge in [0.15, 0.2) is 17.8 Å². The molecule has 0 saturated heterocycles. The predicted molar refractivity (Wildman–Crippen MR) is 95.3 cm³/mol. The maximum atomic E-state index is 5.59. The molecule has 1 saturated carbocycles. The lowest BCUT2D eigenvalue weighted by Crippen LogP contribution is -2.42. The molecule has 1 fully saturated rings. The molecule has 0 spiro atoms. The summed E-state index contributed by atoms with van der Waals surface area (Å²) in [5.74, 6) is 2.14. The number of rotatable bonds is 2. The van der Waals surface area contributed by atoms with Gasteiger partial charge >= 0.3 is 6.01 Å². The monoisotopic (exact) mass is 347 g/mol. The van der Waals surface area contributed by atoms with Crippen molar-refractivity contribution in [3.05, 3.63) is 48.2 Å². The second-order valence-corrected chi connectivity index (χ2v) is 6.92. The van der Waals surface area contributed by atoms with E-state index in [1.54, 1.807) is 6.34 Å². The highest BCUT2D eigenvalue weighted by Gasteiger charge is 2.40. The van der Waals surface area contributed by atoms with Crippen LogP contribution in [-0.2, 0) is 0 Å². The number of aromatic nitrogens is 4. The molecule has 0 bridgehead atoms. The number of nitrogens with zero attached hydrogens (tertiary/aromatic N) is 7. The van der Waals surface area contributed by atoms with E-state index in [-0.39, 0.29) is 6.17 Å². The second kappa shape index (κ2) is 5.17. The Morgan fingerprint density at radius 3 is 2.92 bits per heavy atom. The molecular weight excluding hydrogens is 330 g/mol. The van der Waals surface area contributed by atoms with Gasteiger partial charge in [0.25, 0.3) is 0 Å². The van der Waals surface area contributed by atoms with E-state index in [1.807, 2.05) is 34.7 Å². The van der Waals surface area contributed by atoms with E-state index in [0.29, 0.717) is 11.9 Å². The molecule has 1 aliphatic carbocycles. The molecular formula is C18H17N7O. The van der Waals surface area contributed by atoms with Crippen molar-refractivity contribution >= 4 is 18.2 Å². The van der Waals surface area contributed by atoms with Gasteiger partial charge in [-0.3, -0.25) is 4.57 Å². The van der Waals surface area contributed by atoms with Crippen LogP contribution < -0.4 is 10.0 Å². The number of hydrogen-bond donors (Lipinski definition) is 0. The summed E-state index contributed by atoms with van der Waals surface area (Å²) in [6.07, 6.45) is 10.0. The molecule has 2 aromatic heterocycles. The number of para-hydroxylation sites is 1. The van der Waals surface area contributed by atoms with Crippen molar-refractivity contribution in [1.82, 2.24) is 19.7 Å². The molecule has 26 heavy (non-hydrogen) atoms. The van der Waals surface area contributed by atoms with E-state index >= 15 is 0 Å². The van der Waals surface area contributed by atoms with Crippen LogP contribution >= 0.6 is 0 Å². The van der Waals surface area contributed by atoms with Crippen LogP contribution in [0.2, 0.25) is 0 Å². The van der Waals surface area contributed by atoms with Gasteiger partial charge in [0.1, 0.15) is 12.7 Å². The van der Waals surface area contributed by atoms with Crippen molar-refractivity contribution < 1.29 is 4.52 Å². The van der Waals surface area contributed by atoms with E-state index in [9.17, 15) is 0 Å². The average molecular weight is 347 g/mol. The van der Waals surface area contributed by atoms with Gasteiger partial charge in [-0.25, -0.2) is 15.0 Å². The average Bonchev–Trinajstić information content (AvgIpc) is 3.47. The number of anilines is 2. The third kappa shape index (κ3) is 1.84. The SMILES string of the molecule is C1=NC2c3ccccc3-n3cncc3N2N1c1nc(C2CCCC2)no1. The number of fused-ring (bicyclic) bond motifs is 6. The molecule has 1 atom stereocenters. The normalized spacial score (nSPS) is 21.2. The molecule has 8 heteroatoms. The van der Waals surface area contributed by atoms with Gasteiger partial charge in [-0.15, -0.1) is 0 Å². The van der Waals surface area contributed by atoms with Crippen molar-refractivity contribution in [1.29, 1.82) is 0 Å². The van der Waals surface area contributed by atoms with Crippen LogP contribution in [0.5, 0.6) is 0 Å². The van der Waals surface area contributed by atoms with Crippen molar-refractivity contribution in [3.8, 4) is 5.69 Å². The van der Waals surface area contributed by atoms with Gasteiger partial charge in [-0.2, -0.15) is 9.99 Å². The van der Waals surface area contributed by atoms with Crippen molar-refractivity contribution in [2.75, 3.05) is 10.0 Å². The largest absolute Gasteiger partial charge is 0.348 e. The Labute approximate surface area is 149 Å². The zero-order chi connectivity index (χ0) is 17.1. The Bertz CT molecular complexity index is 1000. The van der Waals surface area contributed by atoms with E-state index in [0.717, 1.165) is 35.7 Å². The zero-order valence-corrected chi connectivity index (χ0v) is 14.1. The fourth-order valence-electron chi connectivity index (χ4n) is 4.19. The summed E-state index contributed by atoms with van der Waals surface area (Å²) < 4.78 is 7.65. The third-order valence-electron chi connectivity index (χ3n) is 5.46. The maximum Gasteiger partial charge on any atom is 0.348 e. The first-order valence-electron chi connectivity index (χ1n) is 8.97. The Balaban J connectivity index is 1.42. The van der Waals surface area contributed by atoms with Crippen LogP contribution in [-0.4, -0.2) is 26.0 Å². The standard InChI is InChI=1S/C18H17N7O/c1-2-6-12(5-1)16-21-18(26-22-16)24-11-20-17-13-7-3-4-8-14(13)23-10-19-9-15(23)25(17)24/h3-4,7-12,17H,1-2,5-6H2. The van der Waals surface area contributed by atoms with Gasteiger partial charge in [0.2, 0.25) is 0 Å². The minimum atomic E-state index is -0.155. The molecule has 0 N–H and O–H groups in total. The molecule has 3 aromatic rings. The van der Waals surface area contributed by atoms with Gasteiger partial charge in [-0.05, 0) is 18.9 Å². The Morgan fingerprint density at radius 1 is 1.12 bits per heavy atom. The summed E-state index contributed by atoms with van der Waals surface area (Å²) in [6, 6.07) is 8.68. The quantitative estimate of drug-likeness (QED) is 0.709. The summed E-state index contributed by atoms with van der Waals surface area (Å²) in [5.41, 5.74) is 2.21. The summed E-state index contributed by atoms with van der Waals surface area (Å²) in [7, 11) is 0. The maximum absolute atomic E-state index is 5.59. The van der Waals surface area contributed by atoms with Crippen LogP contribution in [0.4, 0.5) is 11.8 Å². The minimum absolute atomic E-state index is 0.155. The minimum Gasteiger partial charge on any atom is -0.313 e. The number of aliphatic imine (C=N–C) groups is 1. The van der Waals surface area contributed by atoms with Crippen molar-refractivity contribution in [3.63, 3.8) is 0 Å². The fraction of sp³-hybridized carbons (Fsp3) is 0.333. The lowest BCUT2D eigenvalue weighted by molar-refractivity contribution is 0.406. The van der Waals surface area contributed by atoms with E-state index < -0.39 is 0 Å². The Hall–Kier alpha value is -3.16. The molecule has 0 radical (unpaired) electrons. The lowest BCUT2D eigenvalue weighted by atomic mass is 10.1. The molecule has 130 valence electrons. The first kappa shape index (κ1) is 14.1. The van der Waals surface area contributed by atoms with Crippen LogP contribution in [0.1, 0.15) is 49.2 Å². The Morgan fingerprint density at radius 2 is 2.00 bits per heavy atom. The number of hydrogen-bond acceptors (Lipinski definition) is 7. The lowest BCUT2D eigenvalue weighted by Gasteiger charge is -2.35. The summed E-state index contributed by atoms with van der Waals surface area (Å²) >= 11 is 0. The highest BCUT2D eigenvalue weighted by Crippen LogP contribution is 2.43. The van der Waals surface area contributed by atoms with Crippen molar-refractivity contribution in [2.45, 2.75) is 37.8 Å². The molecule has 8 nitrogen and oxygen atoms in total. The van der Waals surface area contributed by atoms with Crippen LogP contribution in [0, 0.1) is 0 Å². The predicted octanol–water partition coefficient (Wildman–Crippen LogP) is 3.20. The van der Waals surface area contributed by atoms with E-state index in [4.69, 9.17) is 9.52 Å². The van der Waals surface area contributed by atoms with Gasteiger partial charge < -0.3 is 4.52 Å². The van der Waals surface area contributed by atoms with Crippen molar-refractivity contribution in [2.24, 2.45) is 4.99 Å². The Kier molecular flexibility index (Phi) is 2.79. The molecule has 2 aliphatic heterocycles. The number of benzene rings is 1. The summed E-state index contributed by atoms with van der Waals surface area (Å²) in [5, 5.41) is 8.11. The molecule has 3 aliphatic rings. The molecule has 1 unspecified atom stereocenters. The van der Waals surface area contributed by atoms with E-state index in [1.165, 1.54) is 12.8 Å². The zero-order valence-electron chi connectivity index (χ0n) is 14.1. The fourth-order valence-corrected chi connectivity index (χ4v) is 4.19. The third-order valence-corrected chi connectivity index (χ3v) is 5.46. The topological polar surface area (TPSA) is 75.6 Å². The van der Waals surface area contributed by atoms with Gasteiger partial charge in [0, 0.05) is 11.5 Å². The van der Waals surface area contributed by atoms with Gasteiger partial charge in [-0.1, -0.05) is 36.2 Å². The van der Waals surface area contributed by atoms with Crippen LogP contribution in [0.15, 0.2) is 46.3 Å². The summed E-state index contributed by atoms with van der Waals surface area (Å²) in [6.45, 7) is 0. The first-order valence-corrected chi connectivity index (χ1v) is 8.97.